The van der Waals surface area contributed by atoms with Crippen molar-refractivity contribution >= 4 is 6.29 Å². The molecule has 2 aliphatic carbocycles. The molecule has 0 aromatic heterocycles. The second kappa shape index (κ2) is 5.96. The Kier molecular flexibility index (Phi) is 4.73. The van der Waals surface area contributed by atoms with Crippen molar-refractivity contribution in [3.8, 4) is 0 Å². The number of carbonyl (C=O) groups is 1. The van der Waals surface area contributed by atoms with Crippen LogP contribution in [0.3, 0.4) is 0 Å². The van der Waals surface area contributed by atoms with Gasteiger partial charge in [-0.2, -0.15) is 0 Å². The number of aliphatic hydroxyl groups is 1. The molecule has 0 aromatic rings. The van der Waals surface area contributed by atoms with E-state index in [0.29, 0.717) is 5.92 Å². The van der Waals surface area contributed by atoms with Crippen LogP contribution in [0, 0.1) is 22.7 Å². The van der Waals surface area contributed by atoms with Gasteiger partial charge >= 0.3 is 0 Å². The van der Waals surface area contributed by atoms with Crippen molar-refractivity contribution < 1.29 is 9.90 Å². The lowest BCUT2D eigenvalue weighted by Crippen LogP contribution is -2.58. The minimum Gasteiger partial charge on any atom is -0.390 e. The Hall–Kier alpha value is -0.890. The first-order valence-corrected chi connectivity index (χ1v) is 8.68. The molecule has 0 heterocycles. The number of fused-ring (bicyclic) bond motifs is 1. The summed E-state index contributed by atoms with van der Waals surface area (Å²) in [5, 5.41) is 11.0. The van der Waals surface area contributed by atoms with E-state index in [-0.39, 0.29) is 16.7 Å². The third kappa shape index (κ3) is 2.82. The van der Waals surface area contributed by atoms with Crippen molar-refractivity contribution in [2.75, 3.05) is 0 Å². The molecule has 1 N–H and O–H groups in total. The lowest BCUT2D eigenvalue weighted by Gasteiger charge is -2.60. The molecule has 0 aliphatic heterocycles. The summed E-state index contributed by atoms with van der Waals surface area (Å²) in [4.78, 5) is 11.8. The second-order valence-corrected chi connectivity index (χ2v) is 8.39. The van der Waals surface area contributed by atoms with Crippen LogP contribution in [0.4, 0.5) is 0 Å². The summed E-state index contributed by atoms with van der Waals surface area (Å²) >= 11 is 0. The van der Waals surface area contributed by atoms with Gasteiger partial charge in [0.1, 0.15) is 6.29 Å². The van der Waals surface area contributed by atoms with Crippen LogP contribution in [-0.2, 0) is 4.79 Å². The van der Waals surface area contributed by atoms with Crippen LogP contribution < -0.4 is 0 Å². The third-order valence-corrected chi connectivity index (χ3v) is 6.82. The van der Waals surface area contributed by atoms with Gasteiger partial charge in [0.15, 0.2) is 0 Å². The molecule has 0 bridgehead atoms. The highest BCUT2D eigenvalue weighted by molar-refractivity contribution is 5.60. The minimum atomic E-state index is -0.645. The zero-order valence-electron chi connectivity index (χ0n) is 14.5. The van der Waals surface area contributed by atoms with Gasteiger partial charge in [-0.25, -0.2) is 0 Å². The summed E-state index contributed by atoms with van der Waals surface area (Å²) in [5.74, 6) is 0.600. The fourth-order valence-electron chi connectivity index (χ4n) is 5.56. The van der Waals surface area contributed by atoms with Crippen LogP contribution in [0.1, 0.15) is 65.7 Å². The molecule has 2 saturated carbocycles. The molecule has 5 atom stereocenters. The summed E-state index contributed by atoms with van der Waals surface area (Å²) in [7, 11) is 0. The van der Waals surface area contributed by atoms with Crippen LogP contribution in [-0.4, -0.2) is 17.0 Å². The Morgan fingerprint density at radius 1 is 1.27 bits per heavy atom. The molecule has 2 aliphatic rings. The number of aldehydes is 1. The van der Waals surface area contributed by atoms with Crippen LogP contribution in [0.15, 0.2) is 24.8 Å². The minimum absolute atomic E-state index is 0.0388. The molecule has 0 aromatic carbocycles. The van der Waals surface area contributed by atoms with Crippen LogP contribution in [0.5, 0.6) is 0 Å². The number of rotatable bonds is 5. The van der Waals surface area contributed by atoms with Gasteiger partial charge in [-0.15, -0.1) is 0 Å². The zero-order chi connectivity index (χ0) is 16.6. The second-order valence-electron chi connectivity index (χ2n) is 8.39. The molecule has 0 radical (unpaired) electrons. The van der Waals surface area contributed by atoms with E-state index in [4.69, 9.17) is 0 Å². The smallest absolute Gasteiger partial charge is 0.126 e. The van der Waals surface area contributed by atoms with Gasteiger partial charge in [-0.3, -0.25) is 0 Å². The molecular formula is C20H32O2. The summed E-state index contributed by atoms with van der Waals surface area (Å²) in [5.41, 5.74) is 0.206. The van der Waals surface area contributed by atoms with Crippen LogP contribution >= 0.6 is 0 Å². The van der Waals surface area contributed by atoms with Crippen molar-refractivity contribution in [1.82, 2.24) is 0 Å². The van der Waals surface area contributed by atoms with E-state index in [1.54, 1.807) is 0 Å². The van der Waals surface area contributed by atoms with Crippen LogP contribution in [0.25, 0.3) is 0 Å². The molecule has 0 spiro atoms. The van der Waals surface area contributed by atoms with Gasteiger partial charge in [0.05, 0.1) is 5.60 Å². The largest absolute Gasteiger partial charge is 0.390 e. The van der Waals surface area contributed by atoms with Gasteiger partial charge in [0.25, 0.3) is 0 Å². The highest BCUT2D eigenvalue weighted by atomic mass is 16.3. The zero-order valence-corrected chi connectivity index (χ0v) is 14.5. The molecule has 5 unspecified atom stereocenters. The Labute approximate surface area is 135 Å². The summed E-state index contributed by atoms with van der Waals surface area (Å²) in [6.07, 6.45) is 9.75. The predicted octanol–water partition coefficient (Wildman–Crippen LogP) is 4.68. The average Bonchev–Trinajstić information content (AvgIpc) is 2.45. The quantitative estimate of drug-likeness (QED) is 0.591. The summed E-state index contributed by atoms with van der Waals surface area (Å²) < 4.78 is 0. The van der Waals surface area contributed by atoms with Crippen molar-refractivity contribution in [2.24, 2.45) is 22.7 Å². The molecule has 2 fully saturated rings. The summed E-state index contributed by atoms with van der Waals surface area (Å²) in [6.45, 7) is 14.2. The van der Waals surface area contributed by atoms with Gasteiger partial charge in [-0.05, 0) is 62.7 Å². The highest BCUT2D eigenvalue weighted by Crippen LogP contribution is 2.62. The van der Waals surface area contributed by atoms with Gasteiger partial charge in [0, 0.05) is 5.41 Å². The molecule has 2 rings (SSSR count). The van der Waals surface area contributed by atoms with Crippen molar-refractivity contribution in [2.45, 2.75) is 71.3 Å². The Morgan fingerprint density at radius 2 is 1.95 bits per heavy atom. The fourth-order valence-corrected chi connectivity index (χ4v) is 5.56. The maximum atomic E-state index is 11.8. The molecule has 22 heavy (non-hydrogen) atoms. The standard InChI is InChI=1S/C20H32O2/c1-6-15(2)8-9-17-19(4)12-7-11-18(3,14-21)16(19)10-13-20(17,5)22/h6,14,16-17,22H,1-2,7-13H2,3-5H3. The van der Waals surface area contributed by atoms with Gasteiger partial charge in [0.2, 0.25) is 0 Å². The van der Waals surface area contributed by atoms with Crippen molar-refractivity contribution in [3.63, 3.8) is 0 Å². The van der Waals surface area contributed by atoms with Gasteiger partial charge in [-0.1, -0.05) is 45.1 Å². The van der Waals surface area contributed by atoms with E-state index in [1.165, 1.54) is 6.29 Å². The maximum absolute atomic E-state index is 11.8. The van der Waals surface area contributed by atoms with Gasteiger partial charge < -0.3 is 9.90 Å². The third-order valence-electron chi connectivity index (χ3n) is 6.82. The van der Waals surface area contributed by atoms with Crippen molar-refractivity contribution in [3.05, 3.63) is 24.8 Å². The molecule has 0 amide bonds. The highest BCUT2D eigenvalue weighted by Gasteiger charge is 2.58. The van der Waals surface area contributed by atoms with E-state index in [9.17, 15) is 9.90 Å². The topological polar surface area (TPSA) is 37.3 Å². The number of hydrogen-bond acceptors (Lipinski definition) is 2. The van der Waals surface area contributed by atoms with E-state index < -0.39 is 5.60 Å². The molecular weight excluding hydrogens is 272 g/mol. The van der Waals surface area contributed by atoms with Crippen molar-refractivity contribution in [1.29, 1.82) is 0 Å². The fraction of sp³-hybridized carbons (Fsp3) is 0.750. The molecule has 124 valence electrons. The molecule has 2 nitrogen and oxygen atoms in total. The Bertz CT molecular complexity index is 464. The van der Waals surface area contributed by atoms with E-state index in [1.807, 2.05) is 13.0 Å². The van der Waals surface area contributed by atoms with E-state index in [2.05, 4.69) is 27.0 Å². The lowest BCUT2D eigenvalue weighted by atomic mass is 9.45. The van der Waals surface area contributed by atoms with E-state index >= 15 is 0 Å². The molecule has 2 heteroatoms. The van der Waals surface area contributed by atoms with Crippen LogP contribution in [0.2, 0.25) is 0 Å². The Morgan fingerprint density at radius 3 is 2.55 bits per heavy atom. The summed E-state index contributed by atoms with van der Waals surface area (Å²) in [6, 6.07) is 0. The first kappa shape index (κ1) is 17.5. The first-order valence-electron chi connectivity index (χ1n) is 8.68. The van der Waals surface area contributed by atoms with E-state index in [0.717, 1.165) is 50.5 Å². The number of hydrogen-bond donors (Lipinski definition) is 1. The number of allylic oxidation sites excluding steroid dienone is 2. The number of carbonyl (C=O) groups excluding carboxylic acids is 1. The normalized spacial score (nSPS) is 44.9. The lowest BCUT2D eigenvalue weighted by molar-refractivity contribution is -0.173. The monoisotopic (exact) mass is 304 g/mol. The average molecular weight is 304 g/mol. The Balaban J connectivity index is 2.32. The first-order chi connectivity index (χ1) is 10.2. The maximum Gasteiger partial charge on any atom is 0.126 e. The molecule has 0 saturated heterocycles. The predicted molar refractivity (Wildman–Crippen MR) is 91.5 cm³/mol. The SMILES string of the molecule is C=CC(=C)CCC1C(C)(O)CCC2C(C)(C=O)CCCC12C.